The first-order valence-corrected chi connectivity index (χ1v) is 7.25. The molecule has 1 aromatic carbocycles. The molecule has 1 rings (SSSR count). The first-order valence-electron chi connectivity index (χ1n) is 7.25. The molecule has 0 aromatic heterocycles. The number of aliphatic hydroxyl groups is 1. The Bertz CT molecular complexity index is 364. The molecule has 0 saturated carbocycles. The first kappa shape index (κ1) is 16.0. The normalized spacial score (nSPS) is 12.4. The van der Waals surface area contributed by atoms with E-state index in [1.807, 2.05) is 0 Å². The lowest BCUT2D eigenvalue weighted by Crippen LogP contribution is -2.00. The lowest BCUT2D eigenvalue weighted by Gasteiger charge is -2.10. The van der Waals surface area contributed by atoms with Crippen molar-refractivity contribution < 1.29 is 14.2 Å². The summed E-state index contributed by atoms with van der Waals surface area (Å²) in [6, 6.07) is 4.64. The smallest absolute Gasteiger partial charge is 0.132 e. The van der Waals surface area contributed by atoms with Gasteiger partial charge in [0.25, 0.3) is 0 Å². The summed E-state index contributed by atoms with van der Waals surface area (Å²) in [5.74, 6) is 0.130. The minimum atomic E-state index is -0.785. The molecule has 2 nitrogen and oxygen atoms in total. The fourth-order valence-corrected chi connectivity index (χ4v) is 2.01. The Morgan fingerprint density at radius 1 is 1.16 bits per heavy atom. The van der Waals surface area contributed by atoms with Gasteiger partial charge in [-0.2, -0.15) is 0 Å². The molecular weight excluding hydrogens is 243 g/mol. The Kier molecular flexibility index (Phi) is 7.49. The second kappa shape index (κ2) is 8.92. The van der Waals surface area contributed by atoms with Crippen LogP contribution in [-0.2, 0) is 0 Å². The van der Waals surface area contributed by atoms with Crippen molar-refractivity contribution in [2.45, 2.75) is 58.5 Å². The second-order valence-electron chi connectivity index (χ2n) is 4.98. The number of halogens is 1. The summed E-state index contributed by atoms with van der Waals surface area (Å²) in [5.41, 5.74) is 0.312. The molecule has 1 atom stereocenters. The molecule has 0 saturated heterocycles. The highest BCUT2D eigenvalue weighted by atomic mass is 19.1. The number of unbranched alkanes of at least 4 members (excludes halogenated alkanes) is 5. The standard InChI is InChI=1S/C16H25FO2/c1-3-4-5-6-7-8-11-19-14-9-10-15(13(2)18)16(17)12-14/h9-10,12-13,18H,3-8,11H2,1-2H3/t13-/m1/s1. The van der Waals surface area contributed by atoms with Crippen LogP contribution >= 0.6 is 0 Å². The van der Waals surface area contributed by atoms with Gasteiger partial charge in [-0.15, -0.1) is 0 Å². The van der Waals surface area contributed by atoms with E-state index in [0.717, 1.165) is 12.8 Å². The van der Waals surface area contributed by atoms with Gasteiger partial charge < -0.3 is 9.84 Å². The van der Waals surface area contributed by atoms with Crippen molar-refractivity contribution in [3.63, 3.8) is 0 Å². The van der Waals surface area contributed by atoms with E-state index >= 15 is 0 Å². The van der Waals surface area contributed by atoms with Crippen molar-refractivity contribution in [1.82, 2.24) is 0 Å². The SMILES string of the molecule is CCCCCCCCOc1ccc([C@@H](C)O)c(F)c1. The number of ether oxygens (including phenoxy) is 1. The summed E-state index contributed by atoms with van der Waals surface area (Å²) in [7, 11) is 0. The van der Waals surface area contributed by atoms with E-state index in [9.17, 15) is 9.50 Å². The van der Waals surface area contributed by atoms with E-state index in [2.05, 4.69) is 6.92 Å². The van der Waals surface area contributed by atoms with Crippen LogP contribution in [-0.4, -0.2) is 11.7 Å². The molecule has 0 bridgehead atoms. The van der Waals surface area contributed by atoms with Gasteiger partial charge in [-0.05, 0) is 25.5 Å². The fourth-order valence-electron chi connectivity index (χ4n) is 2.01. The lowest BCUT2D eigenvalue weighted by atomic mass is 10.1. The minimum Gasteiger partial charge on any atom is -0.493 e. The Hall–Kier alpha value is -1.09. The first-order chi connectivity index (χ1) is 9.15. The van der Waals surface area contributed by atoms with Gasteiger partial charge in [0, 0.05) is 11.6 Å². The average Bonchev–Trinajstić information content (AvgIpc) is 2.37. The van der Waals surface area contributed by atoms with E-state index in [1.165, 1.54) is 31.7 Å². The zero-order chi connectivity index (χ0) is 14.1. The van der Waals surface area contributed by atoms with Crippen molar-refractivity contribution in [2.24, 2.45) is 0 Å². The zero-order valence-corrected chi connectivity index (χ0v) is 12.0. The molecule has 0 aliphatic heterocycles. The summed E-state index contributed by atoms with van der Waals surface area (Å²) in [4.78, 5) is 0. The van der Waals surface area contributed by atoms with Gasteiger partial charge in [-0.25, -0.2) is 4.39 Å². The molecule has 1 aromatic rings. The maximum atomic E-state index is 13.6. The molecular formula is C16H25FO2. The third-order valence-electron chi connectivity index (χ3n) is 3.19. The van der Waals surface area contributed by atoms with Crippen molar-refractivity contribution in [2.75, 3.05) is 6.61 Å². The number of hydrogen-bond donors (Lipinski definition) is 1. The molecule has 0 unspecified atom stereocenters. The predicted octanol–water partition coefficient (Wildman–Crippen LogP) is 4.62. The van der Waals surface area contributed by atoms with Crippen LogP contribution in [0, 0.1) is 5.82 Å². The van der Waals surface area contributed by atoms with Gasteiger partial charge in [0.05, 0.1) is 12.7 Å². The number of aliphatic hydroxyl groups excluding tert-OH is 1. The summed E-state index contributed by atoms with van der Waals surface area (Å²) in [5, 5.41) is 9.33. The van der Waals surface area contributed by atoms with E-state index in [1.54, 1.807) is 19.1 Å². The number of benzene rings is 1. The maximum Gasteiger partial charge on any atom is 0.132 e. The molecule has 0 heterocycles. The molecule has 0 radical (unpaired) electrons. The van der Waals surface area contributed by atoms with Crippen LogP contribution in [0.25, 0.3) is 0 Å². The van der Waals surface area contributed by atoms with Crippen LogP contribution in [0.1, 0.15) is 64.0 Å². The van der Waals surface area contributed by atoms with Gasteiger partial charge in [-0.3, -0.25) is 0 Å². The average molecular weight is 268 g/mol. The third-order valence-corrected chi connectivity index (χ3v) is 3.19. The highest BCUT2D eigenvalue weighted by Gasteiger charge is 2.08. The van der Waals surface area contributed by atoms with Gasteiger partial charge in [0.1, 0.15) is 11.6 Å². The molecule has 108 valence electrons. The van der Waals surface area contributed by atoms with Crippen LogP contribution in [0.4, 0.5) is 4.39 Å². The van der Waals surface area contributed by atoms with Gasteiger partial charge in [0.15, 0.2) is 0 Å². The van der Waals surface area contributed by atoms with Crippen LogP contribution in [0.15, 0.2) is 18.2 Å². The lowest BCUT2D eigenvalue weighted by molar-refractivity contribution is 0.194. The fraction of sp³-hybridized carbons (Fsp3) is 0.625. The van der Waals surface area contributed by atoms with Crippen LogP contribution in [0.2, 0.25) is 0 Å². The third kappa shape index (κ3) is 6.06. The molecule has 0 amide bonds. The van der Waals surface area contributed by atoms with E-state index < -0.39 is 11.9 Å². The van der Waals surface area contributed by atoms with Gasteiger partial charge >= 0.3 is 0 Å². The van der Waals surface area contributed by atoms with E-state index in [-0.39, 0.29) is 0 Å². The van der Waals surface area contributed by atoms with Crippen molar-refractivity contribution in [1.29, 1.82) is 0 Å². The Balaban J connectivity index is 2.25. The van der Waals surface area contributed by atoms with Crippen molar-refractivity contribution in [3.05, 3.63) is 29.6 Å². The maximum absolute atomic E-state index is 13.6. The molecule has 0 spiro atoms. The molecule has 3 heteroatoms. The number of hydrogen-bond acceptors (Lipinski definition) is 2. The topological polar surface area (TPSA) is 29.5 Å². The minimum absolute atomic E-state index is 0.312. The van der Waals surface area contributed by atoms with Gasteiger partial charge in [0.2, 0.25) is 0 Å². The quantitative estimate of drug-likeness (QED) is 0.662. The highest BCUT2D eigenvalue weighted by molar-refractivity contribution is 5.29. The van der Waals surface area contributed by atoms with Crippen LogP contribution in [0.5, 0.6) is 5.75 Å². The van der Waals surface area contributed by atoms with Gasteiger partial charge in [-0.1, -0.05) is 39.0 Å². The Morgan fingerprint density at radius 3 is 2.47 bits per heavy atom. The molecule has 0 aliphatic carbocycles. The number of rotatable bonds is 9. The summed E-state index contributed by atoms with van der Waals surface area (Å²) in [6.07, 6.45) is 6.46. The highest BCUT2D eigenvalue weighted by Crippen LogP contribution is 2.21. The molecule has 1 N–H and O–H groups in total. The summed E-state index contributed by atoms with van der Waals surface area (Å²) >= 11 is 0. The monoisotopic (exact) mass is 268 g/mol. The Labute approximate surface area is 115 Å². The van der Waals surface area contributed by atoms with E-state index in [4.69, 9.17) is 4.74 Å². The van der Waals surface area contributed by atoms with Crippen LogP contribution < -0.4 is 4.74 Å². The Morgan fingerprint density at radius 2 is 1.84 bits per heavy atom. The molecule has 19 heavy (non-hydrogen) atoms. The summed E-state index contributed by atoms with van der Waals surface area (Å²) < 4.78 is 19.1. The molecule has 0 fully saturated rings. The zero-order valence-electron chi connectivity index (χ0n) is 12.0. The summed E-state index contributed by atoms with van der Waals surface area (Å²) in [6.45, 7) is 4.38. The van der Waals surface area contributed by atoms with Crippen molar-refractivity contribution >= 4 is 0 Å². The van der Waals surface area contributed by atoms with Crippen LogP contribution in [0.3, 0.4) is 0 Å². The van der Waals surface area contributed by atoms with E-state index in [0.29, 0.717) is 17.9 Å². The molecule has 0 aliphatic rings. The predicted molar refractivity (Wildman–Crippen MR) is 75.9 cm³/mol. The van der Waals surface area contributed by atoms with Crippen molar-refractivity contribution in [3.8, 4) is 5.75 Å². The second-order valence-corrected chi connectivity index (χ2v) is 4.98. The largest absolute Gasteiger partial charge is 0.493 e.